The van der Waals surface area contributed by atoms with Crippen LogP contribution in [-0.4, -0.2) is 10.2 Å². The Morgan fingerprint density at radius 1 is 1.07 bits per heavy atom. The molecule has 0 bridgehead atoms. The maximum absolute atomic E-state index is 10.6. The van der Waals surface area contributed by atoms with Crippen LogP contribution in [0.15, 0.2) is 29.4 Å². The third kappa shape index (κ3) is 1.30. The molecular formula is C10H6ClNO3. The molecule has 15 heavy (non-hydrogen) atoms. The van der Waals surface area contributed by atoms with Crippen molar-refractivity contribution in [1.82, 2.24) is 0 Å². The molecule has 2 aromatic carbocycles. The van der Waals surface area contributed by atoms with E-state index in [4.69, 9.17) is 11.6 Å². The zero-order chi connectivity index (χ0) is 11.0. The van der Waals surface area contributed by atoms with Gasteiger partial charge in [0.05, 0.1) is 0 Å². The molecule has 2 aromatic rings. The summed E-state index contributed by atoms with van der Waals surface area (Å²) in [6, 6.07) is 6.51. The first kappa shape index (κ1) is 9.73. The van der Waals surface area contributed by atoms with E-state index < -0.39 is 5.75 Å². The van der Waals surface area contributed by atoms with Crippen LogP contribution in [0.1, 0.15) is 0 Å². The largest absolute Gasteiger partial charge is 0.506 e. The van der Waals surface area contributed by atoms with E-state index in [2.05, 4.69) is 5.18 Å². The predicted molar refractivity (Wildman–Crippen MR) is 57.7 cm³/mol. The van der Waals surface area contributed by atoms with Crippen LogP contribution in [-0.2, 0) is 0 Å². The van der Waals surface area contributed by atoms with Crippen molar-refractivity contribution in [1.29, 1.82) is 0 Å². The lowest BCUT2D eigenvalue weighted by atomic mass is 10.1. The molecular weight excluding hydrogens is 218 g/mol. The second kappa shape index (κ2) is 3.40. The number of fused-ring (bicyclic) bond motifs is 1. The molecule has 0 aliphatic carbocycles. The standard InChI is InChI=1S/C10H6ClNO3/c11-7-9(13)6-4-2-1-3-5(6)8(12-15)10(7)14/h1-4,13-14H. The Morgan fingerprint density at radius 2 is 1.67 bits per heavy atom. The molecule has 0 atom stereocenters. The molecule has 0 aromatic heterocycles. The number of aromatic hydroxyl groups is 2. The van der Waals surface area contributed by atoms with Crippen molar-refractivity contribution >= 4 is 28.1 Å². The minimum absolute atomic E-state index is 0.159. The fourth-order valence-electron chi connectivity index (χ4n) is 1.45. The summed E-state index contributed by atoms with van der Waals surface area (Å²) >= 11 is 5.64. The summed E-state index contributed by atoms with van der Waals surface area (Å²) in [7, 11) is 0. The van der Waals surface area contributed by atoms with Gasteiger partial charge in [0.25, 0.3) is 0 Å². The van der Waals surface area contributed by atoms with E-state index in [1.165, 1.54) is 0 Å². The Morgan fingerprint density at radius 3 is 2.27 bits per heavy atom. The van der Waals surface area contributed by atoms with Crippen molar-refractivity contribution in [3.8, 4) is 11.5 Å². The third-order valence-corrected chi connectivity index (χ3v) is 2.53. The molecule has 0 fully saturated rings. The summed E-state index contributed by atoms with van der Waals surface area (Å²) in [6.45, 7) is 0. The fraction of sp³-hybridized carbons (Fsp3) is 0. The maximum Gasteiger partial charge on any atom is 0.168 e. The number of nitrogens with zero attached hydrogens (tertiary/aromatic N) is 1. The topological polar surface area (TPSA) is 69.9 Å². The highest BCUT2D eigenvalue weighted by molar-refractivity contribution is 6.35. The highest BCUT2D eigenvalue weighted by Crippen LogP contribution is 2.47. The smallest absolute Gasteiger partial charge is 0.168 e. The number of phenols is 2. The molecule has 0 aliphatic heterocycles. The molecule has 2 N–H and O–H groups in total. The van der Waals surface area contributed by atoms with Crippen LogP contribution >= 0.6 is 11.6 Å². The summed E-state index contributed by atoms with van der Waals surface area (Å²) in [5.74, 6) is -0.750. The van der Waals surface area contributed by atoms with Crippen molar-refractivity contribution in [2.24, 2.45) is 5.18 Å². The third-order valence-electron chi connectivity index (χ3n) is 2.17. The maximum atomic E-state index is 10.6. The summed E-state index contributed by atoms with van der Waals surface area (Å²) in [5, 5.41) is 22.3. The van der Waals surface area contributed by atoms with Gasteiger partial charge >= 0.3 is 0 Å². The molecule has 4 nitrogen and oxygen atoms in total. The zero-order valence-electron chi connectivity index (χ0n) is 7.44. The van der Waals surface area contributed by atoms with Crippen molar-refractivity contribution < 1.29 is 10.2 Å². The van der Waals surface area contributed by atoms with Crippen molar-refractivity contribution in [2.45, 2.75) is 0 Å². The van der Waals surface area contributed by atoms with Gasteiger partial charge in [0.2, 0.25) is 0 Å². The number of hydrogen-bond donors (Lipinski definition) is 2. The minimum atomic E-state index is -0.497. The second-order valence-corrected chi connectivity index (χ2v) is 3.37. The van der Waals surface area contributed by atoms with Gasteiger partial charge in [0, 0.05) is 10.8 Å². The summed E-state index contributed by atoms with van der Waals surface area (Å²) in [5.41, 5.74) is -0.159. The number of benzene rings is 2. The predicted octanol–water partition coefficient (Wildman–Crippen LogP) is 3.30. The number of halogens is 1. The van der Waals surface area contributed by atoms with Crippen LogP contribution in [0, 0.1) is 4.91 Å². The van der Waals surface area contributed by atoms with Gasteiger partial charge in [-0.1, -0.05) is 35.9 Å². The first-order valence-electron chi connectivity index (χ1n) is 4.12. The molecule has 0 radical (unpaired) electrons. The molecule has 0 spiro atoms. The monoisotopic (exact) mass is 223 g/mol. The van der Waals surface area contributed by atoms with Crippen LogP contribution in [0.2, 0.25) is 5.02 Å². The van der Waals surface area contributed by atoms with E-state index in [1.54, 1.807) is 24.3 Å². The van der Waals surface area contributed by atoms with E-state index in [-0.39, 0.29) is 16.5 Å². The zero-order valence-corrected chi connectivity index (χ0v) is 8.19. The number of rotatable bonds is 1. The quantitative estimate of drug-likeness (QED) is 0.729. The van der Waals surface area contributed by atoms with E-state index in [0.29, 0.717) is 10.8 Å². The number of nitroso groups, excluding NO2 is 1. The lowest BCUT2D eigenvalue weighted by Gasteiger charge is -2.07. The lowest BCUT2D eigenvalue weighted by Crippen LogP contribution is -1.79. The first-order valence-corrected chi connectivity index (χ1v) is 4.50. The van der Waals surface area contributed by atoms with Gasteiger partial charge in [-0.15, -0.1) is 4.91 Å². The van der Waals surface area contributed by atoms with E-state index >= 15 is 0 Å². The SMILES string of the molecule is O=Nc1c(O)c(Cl)c(O)c2ccccc12. The Balaban J connectivity index is 3.04. The molecule has 0 unspecified atom stereocenters. The normalized spacial score (nSPS) is 10.5. The van der Waals surface area contributed by atoms with E-state index in [9.17, 15) is 15.1 Å². The van der Waals surface area contributed by atoms with Crippen molar-refractivity contribution in [3.05, 3.63) is 34.2 Å². The Kier molecular flexibility index (Phi) is 2.21. The first-order chi connectivity index (χ1) is 7.16. The van der Waals surface area contributed by atoms with Gasteiger partial charge in [-0.25, -0.2) is 0 Å². The van der Waals surface area contributed by atoms with Gasteiger partial charge in [-0.3, -0.25) is 0 Å². The minimum Gasteiger partial charge on any atom is -0.506 e. The molecule has 76 valence electrons. The molecule has 0 aliphatic rings. The molecule has 5 heteroatoms. The fourth-order valence-corrected chi connectivity index (χ4v) is 1.64. The molecule has 0 heterocycles. The molecule has 2 rings (SSSR count). The molecule has 0 amide bonds. The van der Waals surface area contributed by atoms with Gasteiger partial charge in [-0.05, 0) is 5.18 Å². The average Bonchev–Trinajstić information content (AvgIpc) is 2.27. The Labute approximate surface area is 89.7 Å². The van der Waals surface area contributed by atoms with Crippen LogP contribution in [0.25, 0.3) is 10.8 Å². The Hall–Kier alpha value is -1.81. The Bertz CT molecular complexity index is 554. The average molecular weight is 224 g/mol. The molecule has 0 saturated carbocycles. The van der Waals surface area contributed by atoms with E-state index in [1.807, 2.05) is 0 Å². The summed E-state index contributed by atoms with van der Waals surface area (Å²) in [4.78, 5) is 10.6. The van der Waals surface area contributed by atoms with Crippen molar-refractivity contribution in [3.63, 3.8) is 0 Å². The summed E-state index contributed by atoms with van der Waals surface area (Å²) in [6.07, 6.45) is 0. The lowest BCUT2D eigenvalue weighted by molar-refractivity contribution is 0.456. The van der Waals surface area contributed by atoms with Crippen LogP contribution in [0.3, 0.4) is 0 Å². The molecule has 0 saturated heterocycles. The van der Waals surface area contributed by atoms with Crippen LogP contribution in [0.4, 0.5) is 5.69 Å². The van der Waals surface area contributed by atoms with E-state index in [0.717, 1.165) is 0 Å². The second-order valence-electron chi connectivity index (χ2n) is 3.00. The number of hydrogen-bond acceptors (Lipinski definition) is 4. The highest BCUT2D eigenvalue weighted by Gasteiger charge is 2.17. The van der Waals surface area contributed by atoms with Gasteiger partial charge in [0.15, 0.2) is 11.4 Å². The van der Waals surface area contributed by atoms with Gasteiger partial charge < -0.3 is 10.2 Å². The van der Waals surface area contributed by atoms with Crippen molar-refractivity contribution in [2.75, 3.05) is 0 Å². The number of phenolic OH excluding ortho intramolecular Hbond substituents is 2. The highest BCUT2D eigenvalue weighted by atomic mass is 35.5. The van der Waals surface area contributed by atoms with Crippen LogP contribution in [0.5, 0.6) is 11.5 Å². The van der Waals surface area contributed by atoms with Crippen LogP contribution < -0.4 is 0 Å². The van der Waals surface area contributed by atoms with Gasteiger partial charge in [0.1, 0.15) is 10.8 Å². The summed E-state index contributed by atoms with van der Waals surface area (Å²) < 4.78 is 0. The van der Waals surface area contributed by atoms with Gasteiger partial charge in [-0.2, -0.15) is 0 Å².